The minimum Gasteiger partial charge on any atom is -0.313 e. The Hall–Kier alpha value is -1.41. The highest BCUT2D eigenvalue weighted by atomic mass is 14.9. The Balaban J connectivity index is -0.00000102. The highest BCUT2D eigenvalue weighted by Crippen LogP contribution is 2.27. The minimum atomic E-state index is 0.0229. The van der Waals surface area contributed by atoms with Gasteiger partial charge in [-0.05, 0) is 35.4 Å². The zero-order valence-electron chi connectivity index (χ0n) is 17.7. The van der Waals surface area contributed by atoms with Crippen LogP contribution in [0.1, 0.15) is 61.8 Å². The zero-order valence-corrected chi connectivity index (χ0v) is 17.7. The number of hydrogen-bond donors (Lipinski definition) is 2. The van der Waals surface area contributed by atoms with Gasteiger partial charge in [-0.15, -0.1) is 13.2 Å². The Kier molecular flexibility index (Phi) is 16.0. The fraction of sp³-hybridized carbons (Fsp3) is 0.591. The van der Waals surface area contributed by atoms with Gasteiger partial charge >= 0.3 is 0 Å². The average Bonchev–Trinajstić information content (AvgIpc) is 2.52. The van der Waals surface area contributed by atoms with Gasteiger partial charge in [0.05, 0.1) is 0 Å². The Morgan fingerprint density at radius 2 is 1.42 bits per heavy atom. The van der Waals surface area contributed by atoms with E-state index in [-0.39, 0.29) is 16.9 Å². The molecule has 0 saturated carbocycles. The van der Waals surface area contributed by atoms with Gasteiger partial charge in [-0.25, -0.2) is 0 Å². The van der Waals surface area contributed by atoms with Crippen molar-refractivity contribution in [3.8, 4) is 0 Å². The lowest BCUT2D eigenvalue weighted by Gasteiger charge is -2.23. The normalized spacial score (nSPS) is 13.7. The molecule has 0 amide bonds. The third-order valence-electron chi connectivity index (χ3n) is 3.45. The Labute approximate surface area is 152 Å². The number of allylic oxidation sites excluding steroid dienone is 3. The number of hydrogen-bond acceptors (Lipinski definition) is 2. The summed E-state index contributed by atoms with van der Waals surface area (Å²) >= 11 is 0. The predicted molar refractivity (Wildman–Crippen MR) is 114 cm³/mol. The molecule has 0 radical (unpaired) electrons. The van der Waals surface area contributed by atoms with Crippen LogP contribution in [-0.2, 0) is 0 Å². The third kappa shape index (κ3) is 12.1. The van der Waals surface area contributed by atoms with E-state index in [1.165, 1.54) is 11.8 Å². The van der Waals surface area contributed by atoms with Crippen LogP contribution in [0, 0.1) is 16.2 Å². The molecule has 0 aromatic heterocycles. The molecule has 0 aliphatic heterocycles. The largest absolute Gasteiger partial charge is 0.313 e. The van der Waals surface area contributed by atoms with E-state index in [1.807, 2.05) is 27.0 Å². The Bertz CT molecular complexity index is 401. The van der Waals surface area contributed by atoms with Gasteiger partial charge in [0.1, 0.15) is 0 Å². The lowest BCUT2D eigenvalue weighted by Crippen LogP contribution is -2.24. The van der Waals surface area contributed by atoms with E-state index in [4.69, 9.17) is 5.41 Å². The molecule has 0 aromatic carbocycles. The summed E-state index contributed by atoms with van der Waals surface area (Å²) < 4.78 is 0. The molecular formula is C22H42N2. The molecule has 1 atom stereocenters. The molecule has 2 heteroatoms. The van der Waals surface area contributed by atoms with Crippen molar-refractivity contribution in [2.24, 2.45) is 10.8 Å². The SMILES string of the molecule is C=C.C=C/C(=C\C(C/C=C(\C=N)C(C)(C)C)NC)C(C)(C)C.CC. The summed E-state index contributed by atoms with van der Waals surface area (Å²) in [4.78, 5) is 0. The molecule has 0 bridgehead atoms. The average molecular weight is 335 g/mol. The van der Waals surface area contributed by atoms with Crippen molar-refractivity contribution in [1.82, 2.24) is 5.32 Å². The van der Waals surface area contributed by atoms with Gasteiger partial charge in [0.2, 0.25) is 0 Å². The van der Waals surface area contributed by atoms with E-state index < -0.39 is 0 Å². The van der Waals surface area contributed by atoms with Crippen molar-refractivity contribution in [1.29, 1.82) is 5.41 Å². The van der Waals surface area contributed by atoms with E-state index in [0.717, 1.165) is 12.0 Å². The molecule has 0 spiro atoms. The third-order valence-corrected chi connectivity index (χ3v) is 3.45. The summed E-state index contributed by atoms with van der Waals surface area (Å²) in [6, 6.07) is 0.263. The Morgan fingerprint density at radius 1 is 1.00 bits per heavy atom. The fourth-order valence-corrected chi connectivity index (χ4v) is 1.95. The molecule has 0 fully saturated rings. The molecule has 1 unspecified atom stereocenters. The van der Waals surface area contributed by atoms with Gasteiger partial charge in [-0.1, -0.05) is 80.2 Å². The van der Waals surface area contributed by atoms with Gasteiger partial charge in [0, 0.05) is 12.3 Å². The number of nitrogens with one attached hydrogen (secondary N) is 2. The lowest BCUT2D eigenvalue weighted by atomic mass is 9.84. The molecule has 24 heavy (non-hydrogen) atoms. The van der Waals surface area contributed by atoms with Gasteiger partial charge in [0.15, 0.2) is 0 Å². The van der Waals surface area contributed by atoms with Crippen molar-refractivity contribution in [3.05, 3.63) is 49.1 Å². The van der Waals surface area contributed by atoms with Crippen LogP contribution >= 0.6 is 0 Å². The highest BCUT2D eigenvalue weighted by molar-refractivity contribution is 5.77. The number of likely N-dealkylation sites (N-methyl/N-ethyl adjacent to an activating group) is 1. The summed E-state index contributed by atoms with van der Waals surface area (Å²) in [6.45, 7) is 26.9. The van der Waals surface area contributed by atoms with Crippen LogP contribution in [0.5, 0.6) is 0 Å². The first-order valence-corrected chi connectivity index (χ1v) is 8.79. The second kappa shape index (κ2) is 14.0. The van der Waals surface area contributed by atoms with E-state index in [1.54, 1.807) is 0 Å². The van der Waals surface area contributed by atoms with Crippen LogP contribution < -0.4 is 5.32 Å². The molecule has 2 N–H and O–H groups in total. The summed E-state index contributed by atoms with van der Waals surface area (Å²) in [7, 11) is 1.97. The molecule has 0 rings (SSSR count). The quantitative estimate of drug-likeness (QED) is 0.321. The summed E-state index contributed by atoms with van der Waals surface area (Å²) in [5.74, 6) is 0. The van der Waals surface area contributed by atoms with Crippen LogP contribution in [0.15, 0.2) is 49.1 Å². The molecule has 0 aliphatic rings. The smallest absolute Gasteiger partial charge is 0.0287 e. The highest BCUT2D eigenvalue weighted by Gasteiger charge is 2.17. The van der Waals surface area contributed by atoms with Crippen LogP contribution in [0.25, 0.3) is 0 Å². The summed E-state index contributed by atoms with van der Waals surface area (Å²) in [5.41, 5.74) is 2.45. The second-order valence-corrected chi connectivity index (χ2v) is 7.26. The van der Waals surface area contributed by atoms with Crippen molar-refractivity contribution < 1.29 is 0 Å². The first kappa shape index (κ1) is 27.4. The van der Waals surface area contributed by atoms with Gasteiger partial charge in [-0.3, -0.25) is 0 Å². The van der Waals surface area contributed by atoms with E-state index in [2.05, 4.69) is 78.7 Å². The second-order valence-electron chi connectivity index (χ2n) is 7.26. The van der Waals surface area contributed by atoms with Crippen molar-refractivity contribution >= 4 is 6.21 Å². The standard InChI is InChI=1S/C18H32N2.C2H6.C2H4/c1-9-14(17(2,3)4)12-16(20-8)11-10-15(13-19)18(5,6)7;2*1-2/h9-10,12-13,16,19-20H,1,11H2,2-8H3;1-2H3;1-2H2/b14-12+,15-10+,19-13?;;. The maximum atomic E-state index is 7.55. The van der Waals surface area contributed by atoms with Crippen LogP contribution in [0.4, 0.5) is 0 Å². The van der Waals surface area contributed by atoms with Crippen LogP contribution in [0.2, 0.25) is 0 Å². The Morgan fingerprint density at radius 3 is 1.67 bits per heavy atom. The predicted octanol–water partition coefficient (Wildman–Crippen LogP) is 6.57. The molecule has 2 nitrogen and oxygen atoms in total. The van der Waals surface area contributed by atoms with Gasteiger partial charge < -0.3 is 10.7 Å². The van der Waals surface area contributed by atoms with E-state index in [9.17, 15) is 0 Å². The molecular weight excluding hydrogens is 292 g/mol. The van der Waals surface area contributed by atoms with Crippen molar-refractivity contribution in [3.63, 3.8) is 0 Å². The molecule has 0 heterocycles. The van der Waals surface area contributed by atoms with Crippen LogP contribution in [-0.4, -0.2) is 19.3 Å². The van der Waals surface area contributed by atoms with E-state index in [0.29, 0.717) is 0 Å². The number of rotatable bonds is 6. The zero-order chi connectivity index (χ0) is 20.0. The van der Waals surface area contributed by atoms with Gasteiger partial charge in [-0.2, -0.15) is 0 Å². The first-order valence-electron chi connectivity index (χ1n) is 8.79. The van der Waals surface area contributed by atoms with Crippen LogP contribution in [0.3, 0.4) is 0 Å². The maximum Gasteiger partial charge on any atom is 0.0287 e. The first-order chi connectivity index (χ1) is 11.1. The molecule has 0 aromatic rings. The van der Waals surface area contributed by atoms with Crippen molar-refractivity contribution in [2.45, 2.75) is 67.9 Å². The lowest BCUT2D eigenvalue weighted by molar-refractivity contribution is 0.506. The van der Waals surface area contributed by atoms with E-state index >= 15 is 0 Å². The topological polar surface area (TPSA) is 35.9 Å². The molecule has 140 valence electrons. The molecule has 0 aliphatic carbocycles. The monoisotopic (exact) mass is 334 g/mol. The fourth-order valence-electron chi connectivity index (χ4n) is 1.95. The van der Waals surface area contributed by atoms with Gasteiger partial charge in [0.25, 0.3) is 0 Å². The maximum absolute atomic E-state index is 7.55. The van der Waals surface area contributed by atoms with Crippen molar-refractivity contribution in [2.75, 3.05) is 7.05 Å². The summed E-state index contributed by atoms with van der Waals surface area (Å²) in [5, 5.41) is 10.9. The minimum absolute atomic E-state index is 0.0229. The molecule has 0 saturated heterocycles. The summed E-state index contributed by atoms with van der Waals surface area (Å²) in [6.07, 6.45) is 8.69.